The quantitative estimate of drug-likeness (QED) is 0.942. The highest BCUT2D eigenvalue weighted by molar-refractivity contribution is 6.30. The number of hydrogen-bond acceptors (Lipinski definition) is 3. The van der Waals surface area contributed by atoms with E-state index in [0.717, 1.165) is 37.3 Å². The van der Waals surface area contributed by atoms with Crippen molar-refractivity contribution in [2.75, 3.05) is 6.54 Å². The Bertz CT molecular complexity index is 596. The Morgan fingerprint density at radius 1 is 1.50 bits per heavy atom. The molecule has 0 aliphatic carbocycles. The number of aliphatic hydroxyl groups is 1. The van der Waals surface area contributed by atoms with Crippen LogP contribution in [0.2, 0.25) is 5.15 Å². The molecule has 3 rings (SSSR count). The predicted molar refractivity (Wildman–Crippen MR) is 79.9 cm³/mol. The van der Waals surface area contributed by atoms with Gasteiger partial charge in [-0.2, -0.15) is 0 Å². The van der Waals surface area contributed by atoms with Gasteiger partial charge in [-0.05, 0) is 44.9 Å². The number of aliphatic hydroxyl groups excluding tert-OH is 1. The Morgan fingerprint density at radius 3 is 3.15 bits per heavy atom. The number of hydrogen-bond donors (Lipinski definition) is 1. The zero-order valence-electron chi connectivity index (χ0n) is 11.7. The second kappa shape index (κ2) is 5.72. The van der Waals surface area contributed by atoms with Crippen LogP contribution in [-0.4, -0.2) is 38.1 Å². The summed E-state index contributed by atoms with van der Waals surface area (Å²) in [6.07, 6.45) is 4.92. The molecule has 3 heterocycles. The van der Waals surface area contributed by atoms with Gasteiger partial charge in [-0.1, -0.05) is 17.7 Å². The van der Waals surface area contributed by atoms with Gasteiger partial charge in [-0.15, -0.1) is 0 Å². The smallest absolute Gasteiger partial charge is 0.152 e. The minimum atomic E-state index is -0.252. The molecule has 0 saturated carbocycles. The average Bonchev–Trinajstić information content (AvgIpc) is 2.95. The first-order chi connectivity index (χ1) is 9.65. The molecule has 1 fully saturated rings. The zero-order valence-corrected chi connectivity index (χ0v) is 12.4. The summed E-state index contributed by atoms with van der Waals surface area (Å²) in [7, 11) is 0. The highest BCUT2D eigenvalue weighted by atomic mass is 35.5. The summed E-state index contributed by atoms with van der Waals surface area (Å²) in [6, 6.07) is 6.37. The lowest BCUT2D eigenvalue weighted by molar-refractivity contribution is 0.130. The second-order valence-corrected chi connectivity index (χ2v) is 5.99. The van der Waals surface area contributed by atoms with E-state index in [0.29, 0.717) is 11.2 Å². The van der Waals surface area contributed by atoms with Crippen molar-refractivity contribution in [3.63, 3.8) is 0 Å². The van der Waals surface area contributed by atoms with E-state index in [1.54, 1.807) is 0 Å². The number of imidazole rings is 1. The molecule has 2 unspecified atom stereocenters. The van der Waals surface area contributed by atoms with Gasteiger partial charge >= 0.3 is 0 Å². The number of pyridine rings is 1. The minimum Gasteiger partial charge on any atom is -0.393 e. The normalized spacial score (nSPS) is 21.6. The number of aromatic nitrogens is 2. The maximum Gasteiger partial charge on any atom is 0.152 e. The summed E-state index contributed by atoms with van der Waals surface area (Å²) in [6.45, 7) is 3.72. The summed E-state index contributed by atoms with van der Waals surface area (Å²) in [5.74, 6) is 0. The van der Waals surface area contributed by atoms with Crippen molar-refractivity contribution in [3.05, 3.63) is 35.2 Å². The molecule has 0 amide bonds. The third-order valence-corrected chi connectivity index (χ3v) is 4.35. The maximum absolute atomic E-state index is 9.61. The molecule has 5 heteroatoms. The molecule has 2 aromatic rings. The monoisotopic (exact) mass is 293 g/mol. The van der Waals surface area contributed by atoms with Crippen LogP contribution >= 0.6 is 11.6 Å². The summed E-state index contributed by atoms with van der Waals surface area (Å²) >= 11 is 6.29. The van der Waals surface area contributed by atoms with Crippen molar-refractivity contribution in [2.24, 2.45) is 0 Å². The van der Waals surface area contributed by atoms with Crippen LogP contribution in [0.4, 0.5) is 0 Å². The molecule has 0 radical (unpaired) electrons. The van der Waals surface area contributed by atoms with Gasteiger partial charge in [0.05, 0.1) is 11.8 Å². The molecule has 2 aromatic heterocycles. The number of nitrogens with zero attached hydrogens (tertiary/aromatic N) is 3. The number of likely N-dealkylation sites (tertiary alicyclic amines) is 1. The van der Waals surface area contributed by atoms with Gasteiger partial charge in [0.2, 0.25) is 0 Å². The standard InChI is InChI=1S/C15H20ClN3O/c1-11(20)9-12-5-4-7-18(12)10-13-15(16)17-14-6-2-3-8-19(13)14/h2-3,6,8,11-12,20H,4-5,7,9-10H2,1H3. The fraction of sp³-hybridized carbons (Fsp3) is 0.533. The van der Waals surface area contributed by atoms with Crippen molar-refractivity contribution >= 4 is 17.2 Å². The number of halogens is 1. The van der Waals surface area contributed by atoms with Crippen molar-refractivity contribution in [1.82, 2.24) is 14.3 Å². The molecule has 0 bridgehead atoms. The summed E-state index contributed by atoms with van der Waals surface area (Å²) in [4.78, 5) is 6.81. The summed E-state index contributed by atoms with van der Waals surface area (Å²) in [5.41, 5.74) is 1.93. The lowest BCUT2D eigenvalue weighted by atomic mass is 10.1. The van der Waals surface area contributed by atoms with Gasteiger partial charge in [-0.3, -0.25) is 4.90 Å². The minimum absolute atomic E-state index is 0.252. The molecule has 0 aromatic carbocycles. The molecule has 20 heavy (non-hydrogen) atoms. The first-order valence-corrected chi connectivity index (χ1v) is 7.56. The SMILES string of the molecule is CC(O)CC1CCCN1Cc1c(Cl)nc2ccccn12. The third kappa shape index (κ3) is 2.68. The molecular formula is C15H20ClN3O. The largest absolute Gasteiger partial charge is 0.393 e. The van der Waals surface area contributed by atoms with Crippen LogP contribution in [0, 0.1) is 0 Å². The van der Waals surface area contributed by atoms with Crippen LogP contribution in [0.25, 0.3) is 5.65 Å². The Labute approximate surface area is 124 Å². The number of rotatable bonds is 4. The first-order valence-electron chi connectivity index (χ1n) is 7.18. The molecule has 1 N–H and O–H groups in total. The molecule has 108 valence electrons. The van der Waals surface area contributed by atoms with E-state index in [1.807, 2.05) is 31.3 Å². The molecule has 1 aliphatic heterocycles. The highest BCUT2D eigenvalue weighted by Crippen LogP contribution is 2.26. The van der Waals surface area contributed by atoms with Crippen molar-refractivity contribution in [2.45, 2.75) is 44.9 Å². The third-order valence-electron chi connectivity index (χ3n) is 4.05. The molecule has 2 atom stereocenters. The molecule has 1 saturated heterocycles. The summed E-state index contributed by atoms with van der Waals surface area (Å²) < 4.78 is 2.06. The topological polar surface area (TPSA) is 40.8 Å². The van der Waals surface area contributed by atoms with Crippen LogP contribution in [0.5, 0.6) is 0 Å². The Balaban J connectivity index is 1.83. The van der Waals surface area contributed by atoms with Gasteiger partial charge in [0.1, 0.15) is 5.65 Å². The predicted octanol–water partition coefficient (Wildman–Crippen LogP) is 2.72. The average molecular weight is 294 g/mol. The van der Waals surface area contributed by atoms with Gasteiger partial charge < -0.3 is 9.51 Å². The highest BCUT2D eigenvalue weighted by Gasteiger charge is 2.27. The lowest BCUT2D eigenvalue weighted by Crippen LogP contribution is -2.31. The molecule has 4 nitrogen and oxygen atoms in total. The molecule has 1 aliphatic rings. The van der Waals surface area contributed by atoms with E-state index >= 15 is 0 Å². The maximum atomic E-state index is 9.61. The number of fused-ring (bicyclic) bond motifs is 1. The van der Waals surface area contributed by atoms with Crippen LogP contribution in [0.1, 0.15) is 31.9 Å². The van der Waals surface area contributed by atoms with Gasteiger partial charge in [0.15, 0.2) is 5.15 Å². The van der Waals surface area contributed by atoms with E-state index in [2.05, 4.69) is 14.3 Å². The van der Waals surface area contributed by atoms with Crippen molar-refractivity contribution in [1.29, 1.82) is 0 Å². The Kier molecular flexibility index (Phi) is 3.96. The lowest BCUT2D eigenvalue weighted by Gasteiger charge is -2.25. The first kappa shape index (κ1) is 13.9. The molecular weight excluding hydrogens is 274 g/mol. The van der Waals surface area contributed by atoms with E-state index in [1.165, 1.54) is 6.42 Å². The van der Waals surface area contributed by atoms with Gasteiger partial charge in [0, 0.05) is 18.8 Å². The van der Waals surface area contributed by atoms with E-state index in [9.17, 15) is 5.11 Å². The second-order valence-electron chi connectivity index (χ2n) is 5.63. The Hall–Kier alpha value is -1.10. The summed E-state index contributed by atoms with van der Waals surface area (Å²) in [5, 5.41) is 10.2. The fourth-order valence-corrected chi connectivity index (χ4v) is 3.35. The van der Waals surface area contributed by atoms with Crippen LogP contribution in [0.3, 0.4) is 0 Å². The van der Waals surface area contributed by atoms with Crippen LogP contribution < -0.4 is 0 Å². The van der Waals surface area contributed by atoms with Gasteiger partial charge in [-0.25, -0.2) is 4.98 Å². The van der Waals surface area contributed by atoms with E-state index in [4.69, 9.17) is 11.6 Å². The fourth-order valence-electron chi connectivity index (χ4n) is 3.12. The van der Waals surface area contributed by atoms with E-state index in [-0.39, 0.29) is 6.10 Å². The van der Waals surface area contributed by atoms with Crippen LogP contribution in [0.15, 0.2) is 24.4 Å². The van der Waals surface area contributed by atoms with Gasteiger partial charge in [0.25, 0.3) is 0 Å². The van der Waals surface area contributed by atoms with Crippen molar-refractivity contribution < 1.29 is 5.11 Å². The Morgan fingerprint density at radius 2 is 2.35 bits per heavy atom. The van der Waals surface area contributed by atoms with Crippen molar-refractivity contribution in [3.8, 4) is 0 Å². The van der Waals surface area contributed by atoms with Crippen LogP contribution in [-0.2, 0) is 6.54 Å². The molecule has 0 spiro atoms. The van der Waals surface area contributed by atoms with E-state index < -0.39 is 0 Å². The zero-order chi connectivity index (χ0) is 14.1.